The molecule has 1 aliphatic rings. The number of phenols is 1. The number of nitrogens with zero attached hydrogens (tertiary/aromatic N) is 2. The molecule has 0 spiro atoms. The highest BCUT2D eigenvalue weighted by Gasteiger charge is 2.30. The summed E-state index contributed by atoms with van der Waals surface area (Å²) >= 11 is 0. The molecule has 1 aromatic carbocycles. The van der Waals surface area contributed by atoms with Crippen molar-refractivity contribution in [1.82, 2.24) is 10.2 Å². The van der Waals surface area contributed by atoms with Gasteiger partial charge in [0.2, 0.25) is 0 Å². The monoisotopic (exact) mass is 317 g/mol. The molecule has 6 heteroatoms. The third kappa shape index (κ3) is 5.03. The van der Waals surface area contributed by atoms with E-state index in [9.17, 15) is 14.7 Å². The molecule has 1 aromatic rings. The van der Waals surface area contributed by atoms with Crippen LogP contribution in [0.2, 0.25) is 0 Å². The molecule has 1 heterocycles. The first-order valence-electron chi connectivity index (χ1n) is 7.55. The molecule has 23 heavy (non-hydrogen) atoms. The molecule has 2 rings (SSSR count). The molecule has 0 radical (unpaired) electrons. The van der Waals surface area contributed by atoms with Gasteiger partial charge in [-0.25, -0.2) is 4.99 Å². The molecule has 124 valence electrons. The number of benzene rings is 1. The van der Waals surface area contributed by atoms with E-state index in [2.05, 4.69) is 10.3 Å². The Morgan fingerprint density at radius 2 is 1.91 bits per heavy atom. The Balaban J connectivity index is 0.00000127. The summed E-state index contributed by atoms with van der Waals surface area (Å²) in [6.07, 6.45) is 1.64. The van der Waals surface area contributed by atoms with Gasteiger partial charge in [-0.15, -0.1) is 0 Å². The number of aromatic hydroxyl groups is 1. The van der Waals surface area contributed by atoms with Crippen LogP contribution in [-0.4, -0.2) is 47.7 Å². The molecule has 1 aliphatic heterocycles. The van der Waals surface area contributed by atoms with Crippen LogP contribution < -0.4 is 5.32 Å². The third-order valence-corrected chi connectivity index (χ3v) is 2.94. The second kappa shape index (κ2) is 8.85. The lowest BCUT2D eigenvalue weighted by Crippen LogP contribution is -2.40. The van der Waals surface area contributed by atoms with Crippen molar-refractivity contribution in [2.45, 2.75) is 20.8 Å². The Kier molecular flexibility index (Phi) is 7.15. The lowest BCUT2D eigenvalue weighted by atomic mass is 10.2. The number of likely N-dealkylation sites (N-methyl/N-ethyl adjacent to an activating group) is 1. The second-order valence-corrected chi connectivity index (χ2v) is 4.77. The number of ketones is 1. The average Bonchev–Trinajstić information content (AvgIpc) is 2.80. The van der Waals surface area contributed by atoms with Crippen molar-refractivity contribution in [1.29, 1.82) is 0 Å². The number of phenolic OH excluding ortho intramolecular Hbond substituents is 1. The Morgan fingerprint density at radius 1 is 1.30 bits per heavy atom. The van der Waals surface area contributed by atoms with Gasteiger partial charge in [0.1, 0.15) is 23.1 Å². The number of amidine groups is 1. The molecule has 0 fully saturated rings. The van der Waals surface area contributed by atoms with Crippen molar-refractivity contribution in [3.05, 3.63) is 35.5 Å². The number of hydrogen-bond acceptors (Lipinski definition) is 5. The normalized spacial score (nSPS) is 15.3. The molecule has 0 aliphatic carbocycles. The molecule has 0 bridgehead atoms. The van der Waals surface area contributed by atoms with Crippen molar-refractivity contribution in [2.75, 3.05) is 20.1 Å². The van der Waals surface area contributed by atoms with E-state index in [1.54, 1.807) is 25.3 Å². The van der Waals surface area contributed by atoms with E-state index in [-0.39, 0.29) is 29.7 Å². The van der Waals surface area contributed by atoms with E-state index >= 15 is 0 Å². The van der Waals surface area contributed by atoms with Gasteiger partial charge in [0.05, 0.1) is 13.1 Å². The molecule has 0 atom stereocenters. The van der Waals surface area contributed by atoms with Gasteiger partial charge in [0.15, 0.2) is 0 Å². The standard InChI is InChI=1S/C15H17N3O3.C2H6/c1-10(19)9-18-14(8-16-2)17-13(15(18)21)7-11-3-5-12(20)6-4-11;1-2/h3-7,16,20H,8-9H2,1-2H3;1-2H3/b13-7-;. The van der Waals surface area contributed by atoms with E-state index in [0.29, 0.717) is 12.4 Å². The zero-order chi connectivity index (χ0) is 17.4. The van der Waals surface area contributed by atoms with Gasteiger partial charge in [-0.1, -0.05) is 26.0 Å². The number of carbonyl (C=O) groups excluding carboxylic acids is 2. The van der Waals surface area contributed by atoms with Gasteiger partial charge >= 0.3 is 0 Å². The summed E-state index contributed by atoms with van der Waals surface area (Å²) < 4.78 is 0. The molecule has 1 amide bonds. The lowest BCUT2D eigenvalue weighted by Gasteiger charge is -2.15. The molecule has 6 nitrogen and oxygen atoms in total. The van der Waals surface area contributed by atoms with Crippen LogP contribution in [-0.2, 0) is 9.59 Å². The topological polar surface area (TPSA) is 82.0 Å². The first-order valence-corrected chi connectivity index (χ1v) is 7.55. The van der Waals surface area contributed by atoms with Crippen molar-refractivity contribution in [2.24, 2.45) is 4.99 Å². The van der Waals surface area contributed by atoms with E-state index in [1.165, 1.54) is 24.0 Å². The molecule has 2 N–H and O–H groups in total. The number of carbonyl (C=O) groups is 2. The maximum atomic E-state index is 12.3. The van der Waals surface area contributed by atoms with Crippen LogP contribution in [0.25, 0.3) is 6.08 Å². The Morgan fingerprint density at radius 3 is 2.43 bits per heavy atom. The predicted octanol–water partition coefficient (Wildman–Crippen LogP) is 1.81. The predicted molar refractivity (Wildman–Crippen MR) is 91.2 cm³/mol. The van der Waals surface area contributed by atoms with Gasteiger partial charge in [-0.05, 0) is 37.7 Å². The van der Waals surface area contributed by atoms with Crippen LogP contribution in [0.5, 0.6) is 5.75 Å². The minimum Gasteiger partial charge on any atom is -0.508 e. The summed E-state index contributed by atoms with van der Waals surface area (Å²) in [6, 6.07) is 6.46. The van der Waals surface area contributed by atoms with Crippen LogP contribution in [0, 0.1) is 0 Å². The fourth-order valence-electron chi connectivity index (χ4n) is 2.00. The summed E-state index contributed by atoms with van der Waals surface area (Å²) in [5.74, 6) is 0.303. The molecule has 0 saturated carbocycles. The Bertz CT molecular complexity index is 618. The number of Topliss-reactive ketones (excluding diaryl/α,β-unsaturated/α-hetero) is 1. The molecule has 0 saturated heterocycles. The van der Waals surface area contributed by atoms with Gasteiger partial charge in [-0.2, -0.15) is 0 Å². The SMILES string of the molecule is CC.CNCC1=N/C(=C\c2ccc(O)cc2)C(=O)N1CC(C)=O. The van der Waals surface area contributed by atoms with Crippen LogP contribution in [0.3, 0.4) is 0 Å². The van der Waals surface area contributed by atoms with Crippen LogP contribution in [0.15, 0.2) is 35.0 Å². The first-order chi connectivity index (χ1) is 11.0. The zero-order valence-electron chi connectivity index (χ0n) is 14.0. The van der Waals surface area contributed by atoms with Crippen molar-refractivity contribution in [3.63, 3.8) is 0 Å². The molecule has 0 unspecified atom stereocenters. The van der Waals surface area contributed by atoms with Crippen molar-refractivity contribution in [3.8, 4) is 5.75 Å². The number of nitrogens with one attached hydrogen (secondary N) is 1. The minimum atomic E-state index is -0.288. The maximum absolute atomic E-state index is 12.3. The van der Waals surface area contributed by atoms with Gasteiger partial charge in [0, 0.05) is 0 Å². The van der Waals surface area contributed by atoms with Crippen molar-refractivity contribution >= 4 is 23.6 Å². The first kappa shape index (κ1) is 18.6. The minimum absolute atomic E-state index is 0.0201. The zero-order valence-corrected chi connectivity index (χ0v) is 14.0. The summed E-state index contributed by atoms with van der Waals surface area (Å²) in [5, 5.41) is 12.2. The van der Waals surface area contributed by atoms with Gasteiger partial charge < -0.3 is 10.4 Å². The second-order valence-electron chi connectivity index (χ2n) is 4.77. The summed E-state index contributed by atoms with van der Waals surface area (Å²) in [5.41, 5.74) is 1.04. The van der Waals surface area contributed by atoms with Crippen LogP contribution >= 0.6 is 0 Å². The Labute approximate surface area is 136 Å². The molecule has 0 aromatic heterocycles. The molecular weight excluding hydrogens is 294 g/mol. The quantitative estimate of drug-likeness (QED) is 0.812. The fourth-order valence-corrected chi connectivity index (χ4v) is 2.00. The summed E-state index contributed by atoms with van der Waals surface area (Å²) in [7, 11) is 1.75. The largest absolute Gasteiger partial charge is 0.508 e. The lowest BCUT2D eigenvalue weighted by molar-refractivity contribution is -0.127. The summed E-state index contributed by atoms with van der Waals surface area (Å²) in [4.78, 5) is 29.3. The number of amides is 1. The van der Waals surface area contributed by atoms with Crippen LogP contribution in [0.1, 0.15) is 26.3 Å². The fraction of sp³-hybridized carbons (Fsp3) is 0.353. The number of hydrogen-bond donors (Lipinski definition) is 2. The van der Waals surface area contributed by atoms with E-state index < -0.39 is 0 Å². The third-order valence-electron chi connectivity index (χ3n) is 2.94. The smallest absolute Gasteiger partial charge is 0.278 e. The number of rotatable bonds is 5. The highest BCUT2D eigenvalue weighted by molar-refractivity contribution is 6.16. The maximum Gasteiger partial charge on any atom is 0.278 e. The summed E-state index contributed by atoms with van der Waals surface area (Å²) in [6.45, 7) is 5.87. The number of aliphatic imine (C=N–C) groups is 1. The highest BCUT2D eigenvalue weighted by Crippen LogP contribution is 2.19. The Hall–Kier alpha value is -2.47. The van der Waals surface area contributed by atoms with Gasteiger partial charge in [0.25, 0.3) is 5.91 Å². The van der Waals surface area contributed by atoms with E-state index in [0.717, 1.165) is 5.56 Å². The van der Waals surface area contributed by atoms with E-state index in [4.69, 9.17) is 0 Å². The highest BCUT2D eigenvalue weighted by atomic mass is 16.3. The van der Waals surface area contributed by atoms with Crippen LogP contribution in [0.4, 0.5) is 0 Å². The molecular formula is C17H23N3O3. The van der Waals surface area contributed by atoms with E-state index in [1.807, 2.05) is 13.8 Å². The average molecular weight is 317 g/mol. The van der Waals surface area contributed by atoms with Gasteiger partial charge in [-0.3, -0.25) is 14.5 Å². The van der Waals surface area contributed by atoms with Crippen molar-refractivity contribution < 1.29 is 14.7 Å².